The minimum atomic E-state index is -0.371. The van der Waals surface area contributed by atoms with Crippen LogP contribution in [0.1, 0.15) is 32.7 Å². The van der Waals surface area contributed by atoms with Gasteiger partial charge in [0.25, 0.3) is 11.8 Å². The molecule has 34 heavy (non-hydrogen) atoms. The molecule has 0 aromatic heterocycles. The largest absolute Gasteiger partial charge is 0.497 e. The Balaban J connectivity index is 1.22. The molecular weight excluding hydrogens is 436 g/mol. The number of hydrogen-bond donors (Lipinski definition) is 1. The summed E-state index contributed by atoms with van der Waals surface area (Å²) in [6.45, 7) is 2.58. The van der Waals surface area contributed by atoms with Crippen LogP contribution in [0.4, 0.5) is 5.69 Å². The molecule has 4 rings (SSSR count). The quantitative estimate of drug-likeness (QED) is 0.626. The Bertz CT molecular complexity index is 1110. The van der Waals surface area contributed by atoms with E-state index in [1.807, 2.05) is 34.1 Å². The molecular formula is C25H28N4O5. The van der Waals surface area contributed by atoms with Crippen molar-refractivity contribution < 1.29 is 23.9 Å². The average Bonchev–Trinajstić information content (AvgIpc) is 3.06. The Morgan fingerprint density at radius 3 is 2.29 bits per heavy atom. The molecule has 2 aromatic rings. The topological polar surface area (TPSA) is 99.3 Å². The molecule has 0 bridgehead atoms. The molecule has 1 N–H and O–H groups in total. The lowest BCUT2D eigenvalue weighted by atomic mass is 10.1. The van der Waals surface area contributed by atoms with Crippen molar-refractivity contribution in [2.24, 2.45) is 0 Å². The van der Waals surface area contributed by atoms with Gasteiger partial charge in [0, 0.05) is 45.3 Å². The number of anilines is 1. The molecule has 9 heteroatoms. The molecule has 2 aromatic carbocycles. The number of carbonyl (C=O) groups excluding carboxylic acids is 4. The van der Waals surface area contributed by atoms with Gasteiger partial charge >= 0.3 is 0 Å². The minimum absolute atomic E-state index is 0.113. The Labute approximate surface area is 198 Å². The van der Waals surface area contributed by atoms with Crippen LogP contribution in [0.3, 0.4) is 0 Å². The van der Waals surface area contributed by atoms with Crippen LogP contribution in [0.15, 0.2) is 42.5 Å². The lowest BCUT2D eigenvalue weighted by molar-refractivity contribution is -0.133. The van der Waals surface area contributed by atoms with E-state index in [1.54, 1.807) is 19.2 Å². The van der Waals surface area contributed by atoms with Crippen molar-refractivity contribution in [3.05, 3.63) is 59.2 Å². The second-order valence-electron chi connectivity index (χ2n) is 8.48. The zero-order chi connectivity index (χ0) is 24.2. The number of nitrogens with one attached hydrogen (secondary N) is 1. The predicted octanol–water partition coefficient (Wildman–Crippen LogP) is 1.64. The van der Waals surface area contributed by atoms with Crippen LogP contribution in [0, 0.1) is 0 Å². The van der Waals surface area contributed by atoms with Crippen LogP contribution >= 0.6 is 0 Å². The predicted molar refractivity (Wildman–Crippen MR) is 126 cm³/mol. The van der Waals surface area contributed by atoms with Crippen molar-refractivity contribution in [2.45, 2.75) is 12.8 Å². The third-order valence-corrected chi connectivity index (χ3v) is 6.25. The van der Waals surface area contributed by atoms with Gasteiger partial charge in [-0.25, -0.2) is 0 Å². The van der Waals surface area contributed by atoms with Crippen LogP contribution < -0.4 is 10.1 Å². The number of hydrogen-bond acceptors (Lipinski definition) is 6. The number of carbonyl (C=O) groups is 4. The van der Waals surface area contributed by atoms with E-state index in [0.717, 1.165) is 16.2 Å². The normalized spacial score (nSPS) is 15.9. The summed E-state index contributed by atoms with van der Waals surface area (Å²) in [5.41, 5.74) is 2.21. The molecule has 4 amide bonds. The van der Waals surface area contributed by atoms with Gasteiger partial charge in [0.1, 0.15) is 5.75 Å². The monoisotopic (exact) mass is 464 g/mol. The zero-order valence-corrected chi connectivity index (χ0v) is 19.4. The van der Waals surface area contributed by atoms with Crippen molar-refractivity contribution in [3.8, 4) is 5.75 Å². The minimum Gasteiger partial charge on any atom is -0.497 e. The molecule has 1 fully saturated rings. The van der Waals surface area contributed by atoms with Crippen LogP contribution in [-0.2, 0) is 16.0 Å². The second-order valence-corrected chi connectivity index (χ2v) is 8.48. The molecule has 0 unspecified atom stereocenters. The van der Waals surface area contributed by atoms with E-state index in [9.17, 15) is 19.2 Å². The number of rotatable bonds is 7. The lowest BCUT2D eigenvalue weighted by Gasteiger charge is -2.34. The average molecular weight is 465 g/mol. The molecule has 2 heterocycles. The molecule has 0 saturated carbocycles. The third-order valence-electron chi connectivity index (χ3n) is 6.25. The summed E-state index contributed by atoms with van der Waals surface area (Å²) in [4.78, 5) is 54.1. The number of nitrogens with zero attached hydrogens (tertiary/aromatic N) is 3. The molecule has 1 saturated heterocycles. The number of amides is 4. The van der Waals surface area contributed by atoms with Gasteiger partial charge in [0.05, 0.1) is 24.8 Å². The van der Waals surface area contributed by atoms with Gasteiger partial charge in [-0.1, -0.05) is 12.1 Å². The van der Waals surface area contributed by atoms with Gasteiger partial charge in [-0.3, -0.25) is 29.0 Å². The highest BCUT2D eigenvalue weighted by molar-refractivity contribution is 6.21. The summed E-state index contributed by atoms with van der Waals surface area (Å²) in [7, 11) is 3.06. The maximum absolute atomic E-state index is 12.6. The van der Waals surface area contributed by atoms with E-state index < -0.39 is 0 Å². The van der Waals surface area contributed by atoms with Crippen LogP contribution in [-0.4, -0.2) is 85.2 Å². The number of imide groups is 1. The van der Waals surface area contributed by atoms with Crippen molar-refractivity contribution in [1.29, 1.82) is 0 Å². The number of ether oxygens (including phenoxy) is 1. The maximum Gasteiger partial charge on any atom is 0.261 e. The fourth-order valence-corrected chi connectivity index (χ4v) is 4.20. The molecule has 0 atom stereocenters. The number of methoxy groups -OCH3 is 1. The van der Waals surface area contributed by atoms with E-state index >= 15 is 0 Å². The van der Waals surface area contributed by atoms with Crippen molar-refractivity contribution >= 4 is 29.3 Å². The van der Waals surface area contributed by atoms with E-state index in [1.165, 1.54) is 13.1 Å². The van der Waals surface area contributed by atoms with Gasteiger partial charge in [-0.2, -0.15) is 0 Å². The molecule has 178 valence electrons. The van der Waals surface area contributed by atoms with E-state index in [2.05, 4.69) is 5.32 Å². The Morgan fingerprint density at radius 1 is 0.941 bits per heavy atom. The van der Waals surface area contributed by atoms with Gasteiger partial charge in [-0.05, 0) is 42.3 Å². The van der Waals surface area contributed by atoms with Gasteiger partial charge < -0.3 is 15.0 Å². The first-order valence-corrected chi connectivity index (χ1v) is 11.2. The van der Waals surface area contributed by atoms with Gasteiger partial charge in [-0.15, -0.1) is 0 Å². The van der Waals surface area contributed by atoms with Crippen molar-refractivity contribution in [2.75, 3.05) is 52.2 Å². The zero-order valence-electron chi connectivity index (χ0n) is 19.4. The molecule has 2 aliphatic heterocycles. The first kappa shape index (κ1) is 23.4. The highest BCUT2D eigenvalue weighted by atomic mass is 16.5. The van der Waals surface area contributed by atoms with Crippen LogP contribution in [0.5, 0.6) is 5.75 Å². The number of piperazine rings is 1. The van der Waals surface area contributed by atoms with E-state index in [0.29, 0.717) is 55.8 Å². The Kier molecular flexibility index (Phi) is 6.93. The highest BCUT2D eigenvalue weighted by Crippen LogP contribution is 2.24. The summed E-state index contributed by atoms with van der Waals surface area (Å²) in [6.07, 6.45) is 1.12. The lowest BCUT2D eigenvalue weighted by Crippen LogP contribution is -2.50. The SMILES string of the molecule is COc1ccc(CCC(=O)N2CCN(CC(=O)Nc3ccc4c(c3)C(=O)N(C)C4=O)CC2)cc1. The Morgan fingerprint density at radius 2 is 1.62 bits per heavy atom. The number of fused-ring (bicyclic) bond motifs is 1. The molecule has 2 aliphatic rings. The molecule has 0 radical (unpaired) electrons. The second kappa shape index (κ2) is 10.0. The molecule has 9 nitrogen and oxygen atoms in total. The summed E-state index contributed by atoms with van der Waals surface area (Å²) in [5, 5.41) is 2.80. The molecule has 0 spiro atoms. The van der Waals surface area contributed by atoms with Gasteiger partial charge in [0.15, 0.2) is 0 Å². The van der Waals surface area contributed by atoms with Crippen LogP contribution in [0.25, 0.3) is 0 Å². The first-order valence-electron chi connectivity index (χ1n) is 11.2. The van der Waals surface area contributed by atoms with Crippen molar-refractivity contribution in [1.82, 2.24) is 14.7 Å². The van der Waals surface area contributed by atoms with E-state index in [-0.39, 0.29) is 30.2 Å². The van der Waals surface area contributed by atoms with Crippen LogP contribution in [0.2, 0.25) is 0 Å². The fraction of sp³-hybridized carbons (Fsp3) is 0.360. The number of benzene rings is 2. The fourth-order valence-electron chi connectivity index (χ4n) is 4.20. The highest BCUT2D eigenvalue weighted by Gasteiger charge is 2.33. The summed E-state index contributed by atoms with van der Waals surface area (Å²) in [6, 6.07) is 12.4. The Hall–Kier alpha value is -3.72. The third kappa shape index (κ3) is 5.09. The van der Waals surface area contributed by atoms with E-state index in [4.69, 9.17) is 4.74 Å². The number of aryl methyl sites for hydroxylation is 1. The standard InChI is InChI=1S/C25H28N4O5/c1-27-24(32)20-9-6-18(15-21(20)25(27)33)26-22(30)16-28-11-13-29(14-12-28)23(31)10-5-17-3-7-19(34-2)8-4-17/h3-4,6-9,15H,5,10-14,16H2,1-2H3,(H,26,30). The summed E-state index contributed by atoms with van der Waals surface area (Å²) >= 11 is 0. The van der Waals surface area contributed by atoms with Gasteiger partial charge in [0.2, 0.25) is 11.8 Å². The summed E-state index contributed by atoms with van der Waals surface area (Å²) < 4.78 is 5.15. The maximum atomic E-state index is 12.6. The smallest absolute Gasteiger partial charge is 0.261 e. The first-order chi connectivity index (χ1) is 16.4. The summed E-state index contributed by atoms with van der Waals surface area (Å²) in [5.74, 6) is -0.00706. The van der Waals surface area contributed by atoms with Crippen molar-refractivity contribution in [3.63, 3.8) is 0 Å². The molecule has 0 aliphatic carbocycles.